The summed E-state index contributed by atoms with van der Waals surface area (Å²) in [5.74, 6) is 0.117. The molecule has 0 saturated heterocycles. The predicted octanol–water partition coefficient (Wildman–Crippen LogP) is 1.30. The average Bonchev–Trinajstić information content (AvgIpc) is 2.91. The maximum absolute atomic E-state index is 12.4. The van der Waals surface area contributed by atoms with Gasteiger partial charge in [-0.1, -0.05) is 12.1 Å². The van der Waals surface area contributed by atoms with E-state index in [1.807, 2.05) is 24.3 Å². The molecule has 1 aromatic carbocycles. The van der Waals surface area contributed by atoms with Gasteiger partial charge in [0.15, 0.2) is 6.61 Å². The summed E-state index contributed by atoms with van der Waals surface area (Å²) in [4.78, 5) is 27.1. The number of amides is 1. The summed E-state index contributed by atoms with van der Waals surface area (Å²) >= 11 is 1.71. The summed E-state index contributed by atoms with van der Waals surface area (Å²) in [5.41, 5.74) is 6.73. The second-order valence-corrected chi connectivity index (χ2v) is 6.14. The molecule has 0 fully saturated rings. The number of anilines is 2. The van der Waals surface area contributed by atoms with Crippen LogP contribution in [0, 0.1) is 0 Å². The third-order valence-corrected chi connectivity index (χ3v) is 4.60. The number of carbonyl (C=O) groups excluding carboxylic acids is 2. The van der Waals surface area contributed by atoms with Crippen molar-refractivity contribution in [3.05, 3.63) is 36.0 Å². The summed E-state index contributed by atoms with van der Waals surface area (Å²) in [6, 6.07) is 7.68. The van der Waals surface area contributed by atoms with Gasteiger partial charge in [0, 0.05) is 24.2 Å². The highest BCUT2D eigenvalue weighted by molar-refractivity contribution is 7.99. The lowest BCUT2D eigenvalue weighted by Gasteiger charge is -2.28. The molecular weight excluding hydrogens is 316 g/mol. The molecule has 0 spiro atoms. The van der Waals surface area contributed by atoms with E-state index in [0.29, 0.717) is 6.54 Å². The minimum absolute atomic E-state index is 0.162. The number of fused-ring (bicyclic) bond motifs is 1. The molecule has 1 aliphatic heterocycles. The summed E-state index contributed by atoms with van der Waals surface area (Å²) < 4.78 is 6.45. The molecule has 1 amide bonds. The van der Waals surface area contributed by atoms with E-state index in [4.69, 9.17) is 10.5 Å². The number of esters is 1. The van der Waals surface area contributed by atoms with Crippen LogP contribution in [0.4, 0.5) is 11.5 Å². The first-order valence-corrected chi connectivity index (χ1v) is 8.03. The Balaban J connectivity index is 1.67. The largest absolute Gasteiger partial charge is 0.452 e. The Morgan fingerprint density at radius 2 is 2.17 bits per heavy atom. The molecule has 7 nitrogen and oxygen atoms in total. The maximum Gasteiger partial charge on any atom is 0.344 e. The number of nitrogens with zero attached hydrogens (tertiary/aromatic N) is 3. The number of hydrogen-bond donors (Lipinski definition) is 1. The topological polar surface area (TPSA) is 90.5 Å². The minimum atomic E-state index is -0.649. The Kier molecular flexibility index (Phi) is 4.24. The molecule has 8 heteroatoms. The van der Waals surface area contributed by atoms with Gasteiger partial charge >= 0.3 is 5.97 Å². The number of ether oxygens (including phenoxy) is 1. The monoisotopic (exact) mass is 332 g/mol. The number of thioether (sulfide) groups is 1. The summed E-state index contributed by atoms with van der Waals surface area (Å²) in [5, 5.41) is 3.88. The van der Waals surface area contributed by atoms with Crippen LogP contribution in [0.15, 0.2) is 35.4 Å². The van der Waals surface area contributed by atoms with Gasteiger partial charge in [-0.25, -0.2) is 4.79 Å². The lowest BCUT2D eigenvalue weighted by atomic mass is 10.2. The zero-order valence-electron chi connectivity index (χ0n) is 12.6. The SMILES string of the molecule is Cn1ncc(C(=O)OCC(=O)N2CCSc3ccccc32)c1N. The van der Waals surface area contributed by atoms with Crippen molar-refractivity contribution >= 4 is 35.1 Å². The fraction of sp³-hybridized carbons (Fsp3) is 0.267. The average molecular weight is 332 g/mol. The maximum atomic E-state index is 12.4. The van der Waals surface area contributed by atoms with Gasteiger partial charge in [0.25, 0.3) is 5.91 Å². The van der Waals surface area contributed by atoms with E-state index in [-0.39, 0.29) is 23.9 Å². The first-order chi connectivity index (χ1) is 11.1. The third kappa shape index (κ3) is 3.02. The van der Waals surface area contributed by atoms with Gasteiger partial charge < -0.3 is 15.4 Å². The van der Waals surface area contributed by atoms with Crippen molar-refractivity contribution < 1.29 is 14.3 Å². The summed E-state index contributed by atoms with van der Waals surface area (Å²) in [6.07, 6.45) is 1.33. The van der Waals surface area contributed by atoms with Crippen LogP contribution >= 0.6 is 11.8 Å². The van der Waals surface area contributed by atoms with E-state index < -0.39 is 5.97 Å². The number of nitrogens with two attached hydrogens (primary N) is 1. The molecule has 0 saturated carbocycles. The van der Waals surface area contributed by atoms with Gasteiger partial charge in [-0.15, -0.1) is 11.8 Å². The quantitative estimate of drug-likeness (QED) is 0.852. The van der Waals surface area contributed by atoms with Crippen LogP contribution in [0.2, 0.25) is 0 Å². The standard InChI is InChI=1S/C15H16N4O3S/c1-18-14(16)10(8-17-18)15(21)22-9-13(20)19-6-7-23-12-5-3-2-4-11(12)19/h2-5,8H,6-7,9,16H2,1H3. The Labute approximate surface area is 137 Å². The van der Waals surface area contributed by atoms with Crippen LogP contribution in [-0.2, 0) is 16.6 Å². The first kappa shape index (κ1) is 15.4. The van der Waals surface area contributed by atoms with Crippen LogP contribution in [0.25, 0.3) is 0 Å². The normalized spacial score (nSPS) is 13.5. The Hall–Kier alpha value is -2.48. The van der Waals surface area contributed by atoms with Crippen molar-refractivity contribution in [2.45, 2.75) is 4.90 Å². The number of aryl methyl sites for hydroxylation is 1. The van der Waals surface area contributed by atoms with Gasteiger partial charge in [0.2, 0.25) is 0 Å². The molecule has 3 rings (SSSR count). The van der Waals surface area contributed by atoms with E-state index in [0.717, 1.165) is 16.3 Å². The van der Waals surface area contributed by atoms with Crippen molar-refractivity contribution in [2.75, 3.05) is 29.5 Å². The molecule has 23 heavy (non-hydrogen) atoms. The molecule has 1 aromatic heterocycles. The van der Waals surface area contributed by atoms with Crippen molar-refractivity contribution in [1.82, 2.24) is 9.78 Å². The van der Waals surface area contributed by atoms with Crippen LogP contribution in [-0.4, -0.2) is 40.6 Å². The summed E-state index contributed by atoms with van der Waals surface area (Å²) in [7, 11) is 1.62. The number of nitrogen functional groups attached to an aromatic ring is 1. The zero-order chi connectivity index (χ0) is 16.4. The fourth-order valence-corrected chi connectivity index (χ4v) is 3.31. The molecule has 0 atom stereocenters. The summed E-state index contributed by atoms with van der Waals surface area (Å²) in [6.45, 7) is 0.263. The van der Waals surface area contributed by atoms with Crippen molar-refractivity contribution in [1.29, 1.82) is 0 Å². The molecule has 2 N–H and O–H groups in total. The Morgan fingerprint density at radius 1 is 1.39 bits per heavy atom. The van der Waals surface area contributed by atoms with Crippen LogP contribution in [0.1, 0.15) is 10.4 Å². The highest BCUT2D eigenvalue weighted by atomic mass is 32.2. The van der Waals surface area contributed by atoms with E-state index in [1.54, 1.807) is 23.7 Å². The number of benzene rings is 1. The first-order valence-electron chi connectivity index (χ1n) is 7.04. The number of carbonyl (C=O) groups is 2. The zero-order valence-corrected chi connectivity index (χ0v) is 13.4. The molecule has 0 aliphatic carbocycles. The second-order valence-electron chi connectivity index (χ2n) is 5.00. The van der Waals surface area contributed by atoms with E-state index >= 15 is 0 Å². The molecular formula is C15H16N4O3S. The fourth-order valence-electron chi connectivity index (χ4n) is 2.32. The van der Waals surface area contributed by atoms with Gasteiger partial charge in [-0.3, -0.25) is 9.48 Å². The molecule has 0 bridgehead atoms. The predicted molar refractivity (Wildman–Crippen MR) is 87.4 cm³/mol. The minimum Gasteiger partial charge on any atom is -0.452 e. The van der Waals surface area contributed by atoms with Gasteiger partial charge in [0.1, 0.15) is 11.4 Å². The van der Waals surface area contributed by atoms with Crippen LogP contribution in [0.5, 0.6) is 0 Å². The lowest BCUT2D eigenvalue weighted by Crippen LogP contribution is -2.38. The second kappa shape index (κ2) is 6.33. The Bertz CT molecular complexity index is 759. The van der Waals surface area contributed by atoms with Crippen molar-refractivity contribution in [2.24, 2.45) is 7.05 Å². The highest BCUT2D eigenvalue weighted by Crippen LogP contribution is 2.34. The van der Waals surface area contributed by atoms with Crippen molar-refractivity contribution in [3.8, 4) is 0 Å². The molecule has 2 heterocycles. The molecule has 1 aliphatic rings. The Morgan fingerprint density at radius 3 is 2.91 bits per heavy atom. The molecule has 2 aromatic rings. The molecule has 0 radical (unpaired) electrons. The number of para-hydroxylation sites is 1. The number of rotatable bonds is 3. The smallest absolute Gasteiger partial charge is 0.344 e. The molecule has 0 unspecified atom stereocenters. The van der Waals surface area contributed by atoms with Gasteiger partial charge in [-0.05, 0) is 12.1 Å². The number of aromatic nitrogens is 2. The van der Waals surface area contributed by atoms with Crippen LogP contribution in [0.3, 0.4) is 0 Å². The highest BCUT2D eigenvalue weighted by Gasteiger charge is 2.24. The van der Waals surface area contributed by atoms with Gasteiger partial charge in [0.05, 0.1) is 11.9 Å². The van der Waals surface area contributed by atoms with E-state index in [2.05, 4.69) is 5.10 Å². The van der Waals surface area contributed by atoms with Gasteiger partial charge in [-0.2, -0.15) is 5.10 Å². The third-order valence-electron chi connectivity index (χ3n) is 3.56. The van der Waals surface area contributed by atoms with E-state index in [9.17, 15) is 9.59 Å². The van der Waals surface area contributed by atoms with Crippen molar-refractivity contribution in [3.63, 3.8) is 0 Å². The van der Waals surface area contributed by atoms with Crippen LogP contribution < -0.4 is 10.6 Å². The lowest BCUT2D eigenvalue weighted by molar-refractivity contribution is -0.121. The van der Waals surface area contributed by atoms with E-state index in [1.165, 1.54) is 10.9 Å². The number of hydrogen-bond acceptors (Lipinski definition) is 6. The molecule has 120 valence electrons.